The Bertz CT molecular complexity index is 662. The van der Waals surface area contributed by atoms with Gasteiger partial charge in [-0.25, -0.2) is 8.78 Å². The van der Waals surface area contributed by atoms with Gasteiger partial charge >= 0.3 is 6.18 Å². The van der Waals surface area contributed by atoms with Gasteiger partial charge in [-0.3, -0.25) is 0 Å². The Balaban J connectivity index is 1.98. The van der Waals surface area contributed by atoms with Gasteiger partial charge in [0.2, 0.25) is 0 Å². The molecule has 0 fully saturated rings. The molecule has 0 heterocycles. The third-order valence-electron chi connectivity index (χ3n) is 2.64. The van der Waals surface area contributed by atoms with E-state index >= 15 is 0 Å². The fourth-order valence-electron chi connectivity index (χ4n) is 1.70. The fourth-order valence-corrected chi connectivity index (χ4v) is 1.70. The average molecular weight is 315 g/mol. The number of rotatable bonds is 4. The minimum atomic E-state index is -4.44. The molecule has 0 bridgehead atoms. The minimum Gasteiger partial charge on any atom is -0.391 e. The summed E-state index contributed by atoms with van der Waals surface area (Å²) in [4.78, 5) is 4.81. The van der Waals surface area contributed by atoms with Gasteiger partial charge < -0.3 is 4.84 Å². The van der Waals surface area contributed by atoms with E-state index in [-0.39, 0.29) is 17.7 Å². The van der Waals surface area contributed by atoms with Gasteiger partial charge in [-0.2, -0.15) is 13.2 Å². The van der Waals surface area contributed by atoms with E-state index in [1.54, 1.807) is 0 Å². The minimum absolute atomic E-state index is 0.195. The Hall–Kier alpha value is -2.44. The van der Waals surface area contributed by atoms with Crippen LogP contribution in [-0.4, -0.2) is 6.21 Å². The highest BCUT2D eigenvalue weighted by Crippen LogP contribution is 2.29. The summed E-state index contributed by atoms with van der Waals surface area (Å²) in [5, 5.41) is 3.48. The van der Waals surface area contributed by atoms with Crippen LogP contribution in [0.1, 0.15) is 16.7 Å². The molecule has 0 aromatic heterocycles. The van der Waals surface area contributed by atoms with E-state index in [1.807, 2.05) is 0 Å². The highest BCUT2D eigenvalue weighted by molar-refractivity contribution is 5.79. The Labute approximate surface area is 122 Å². The predicted octanol–water partition coefficient (Wildman–Crippen LogP) is 4.53. The first-order valence-corrected chi connectivity index (χ1v) is 6.12. The second-order valence-corrected chi connectivity index (χ2v) is 4.41. The van der Waals surface area contributed by atoms with E-state index in [0.29, 0.717) is 0 Å². The first-order valence-electron chi connectivity index (χ1n) is 6.12. The van der Waals surface area contributed by atoms with Crippen LogP contribution in [-0.2, 0) is 17.6 Å². The molecule has 2 rings (SSSR count). The molecular weight excluding hydrogens is 305 g/mol. The van der Waals surface area contributed by atoms with Crippen LogP contribution in [0.4, 0.5) is 22.0 Å². The van der Waals surface area contributed by atoms with Crippen LogP contribution in [0.2, 0.25) is 0 Å². The summed E-state index contributed by atoms with van der Waals surface area (Å²) in [5.74, 6) is -1.50. The zero-order valence-electron chi connectivity index (χ0n) is 11.1. The number of nitrogens with zero attached hydrogens (tertiary/aromatic N) is 1. The zero-order chi connectivity index (χ0) is 16.2. The van der Waals surface area contributed by atoms with E-state index in [1.165, 1.54) is 12.1 Å². The smallest absolute Gasteiger partial charge is 0.391 e. The first kappa shape index (κ1) is 15.9. The van der Waals surface area contributed by atoms with Crippen LogP contribution in [0, 0.1) is 11.6 Å². The molecule has 0 saturated heterocycles. The predicted molar refractivity (Wildman–Crippen MR) is 70.2 cm³/mol. The van der Waals surface area contributed by atoms with Crippen LogP contribution < -0.4 is 0 Å². The maximum atomic E-state index is 12.9. The molecule has 0 aliphatic heterocycles. The molecule has 0 unspecified atom stereocenters. The van der Waals surface area contributed by atoms with Crippen molar-refractivity contribution >= 4 is 6.21 Å². The van der Waals surface area contributed by atoms with Crippen LogP contribution in [0.5, 0.6) is 0 Å². The van der Waals surface area contributed by atoms with Gasteiger partial charge in [0.25, 0.3) is 0 Å². The van der Waals surface area contributed by atoms with Crippen molar-refractivity contribution in [1.29, 1.82) is 0 Å². The molecule has 0 amide bonds. The van der Waals surface area contributed by atoms with E-state index in [0.717, 1.165) is 36.5 Å². The molecular formula is C15H10F5NO. The summed E-state index contributed by atoms with van der Waals surface area (Å²) < 4.78 is 63.4. The van der Waals surface area contributed by atoms with Crippen LogP contribution in [0.3, 0.4) is 0 Å². The molecule has 0 spiro atoms. The van der Waals surface area contributed by atoms with Crippen LogP contribution in [0.25, 0.3) is 0 Å². The number of halogens is 5. The third kappa shape index (κ3) is 4.54. The average Bonchev–Trinajstić information content (AvgIpc) is 2.42. The third-order valence-corrected chi connectivity index (χ3v) is 2.64. The van der Waals surface area contributed by atoms with Crippen molar-refractivity contribution in [1.82, 2.24) is 0 Å². The number of hydrogen-bond acceptors (Lipinski definition) is 2. The Morgan fingerprint density at radius 2 is 1.68 bits per heavy atom. The lowest BCUT2D eigenvalue weighted by Gasteiger charge is -2.06. The van der Waals surface area contributed by atoms with E-state index in [4.69, 9.17) is 4.84 Å². The maximum absolute atomic E-state index is 12.9. The quantitative estimate of drug-likeness (QED) is 0.461. The lowest BCUT2D eigenvalue weighted by molar-refractivity contribution is -0.137. The molecule has 0 N–H and O–H groups in total. The Morgan fingerprint density at radius 1 is 1.00 bits per heavy atom. The topological polar surface area (TPSA) is 21.6 Å². The van der Waals surface area contributed by atoms with Crippen molar-refractivity contribution in [3.63, 3.8) is 0 Å². The lowest BCUT2D eigenvalue weighted by atomic mass is 10.1. The molecule has 7 heteroatoms. The molecule has 0 atom stereocenters. The van der Waals surface area contributed by atoms with E-state index in [2.05, 4.69) is 5.16 Å². The molecule has 22 heavy (non-hydrogen) atoms. The fraction of sp³-hybridized carbons (Fsp3) is 0.133. The van der Waals surface area contributed by atoms with Crippen molar-refractivity contribution in [2.24, 2.45) is 5.16 Å². The van der Waals surface area contributed by atoms with Gasteiger partial charge in [-0.15, -0.1) is 0 Å². The standard InChI is InChI=1S/C15H10F5NO/c16-13-5-11(6-14(17)7-13)9-22-21-8-10-2-1-3-12(4-10)15(18,19)20/h1-8H,9H2. The number of alkyl halides is 3. The normalized spacial score (nSPS) is 11.9. The van der Waals surface area contributed by atoms with Crippen molar-refractivity contribution in [3.05, 3.63) is 70.8 Å². The van der Waals surface area contributed by atoms with Gasteiger partial charge in [0.05, 0.1) is 11.8 Å². The van der Waals surface area contributed by atoms with Crippen LogP contribution in [0.15, 0.2) is 47.6 Å². The van der Waals surface area contributed by atoms with Crippen molar-refractivity contribution in [2.45, 2.75) is 12.8 Å². The first-order chi connectivity index (χ1) is 10.3. The monoisotopic (exact) mass is 315 g/mol. The SMILES string of the molecule is Fc1cc(F)cc(CON=Cc2cccc(C(F)(F)F)c2)c1. The maximum Gasteiger partial charge on any atom is 0.416 e. The molecule has 2 nitrogen and oxygen atoms in total. The molecule has 0 aliphatic carbocycles. The summed E-state index contributed by atoms with van der Waals surface area (Å²) in [6, 6.07) is 7.37. The summed E-state index contributed by atoms with van der Waals surface area (Å²) in [6.07, 6.45) is -3.35. The summed E-state index contributed by atoms with van der Waals surface area (Å²) in [5.41, 5.74) is -0.386. The van der Waals surface area contributed by atoms with Gasteiger partial charge in [0.15, 0.2) is 0 Å². The second kappa shape index (κ2) is 6.55. The lowest BCUT2D eigenvalue weighted by Crippen LogP contribution is -2.05. The molecule has 0 saturated carbocycles. The van der Waals surface area contributed by atoms with Gasteiger partial charge in [-0.05, 0) is 35.4 Å². The number of oxime groups is 1. The Kier molecular flexibility index (Phi) is 4.75. The highest BCUT2D eigenvalue weighted by Gasteiger charge is 2.30. The molecule has 2 aromatic carbocycles. The van der Waals surface area contributed by atoms with Crippen molar-refractivity contribution < 1.29 is 26.8 Å². The highest BCUT2D eigenvalue weighted by atomic mass is 19.4. The molecule has 2 aromatic rings. The molecule has 0 radical (unpaired) electrons. The molecule has 116 valence electrons. The zero-order valence-corrected chi connectivity index (χ0v) is 11.1. The molecule has 0 aliphatic rings. The van der Waals surface area contributed by atoms with Crippen LogP contribution >= 0.6 is 0 Å². The van der Waals surface area contributed by atoms with Crippen molar-refractivity contribution in [2.75, 3.05) is 0 Å². The number of benzene rings is 2. The summed E-state index contributed by atoms with van der Waals surface area (Å²) in [6.45, 7) is -0.204. The van der Waals surface area contributed by atoms with Gasteiger partial charge in [0.1, 0.15) is 18.2 Å². The van der Waals surface area contributed by atoms with E-state index in [9.17, 15) is 22.0 Å². The van der Waals surface area contributed by atoms with Gasteiger partial charge in [-0.1, -0.05) is 17.3 Å². The second-order valence-electron chi connectivity index (χ2n) is 4.41. The number of hydrogen-bond donors (Lipinski definition) is 0. The summed E-state index contributed by atoms with van der Waals surface area (Å²) in [7, 11) is 0. The van der Waals surface area contributed by atoms with E-state index < -0.39 is 23.4 Å². The van der Waals surface area contributed by atoms with Crippen molar-refractivity contribution in [3.8, 4) is 0 Å². The van der Waals surface area contributed by atoms with Gasteiger partial charge in [0, 0.05) is 6.07 Å². The largest absolute Gasteiger partial charge is 0.416 e. The summed E-state index contributed by atoms with van der Waals surface area (Å²) >= 11 is 0. The Morgan fingerprint density at radius 3 is 2.32 bits per heavy atom.